The summed E-state index contributed by atoms with van der Waals surface area (Å²) in [5, 5.41) is 0. The van der Waals surface area contributed by atoms with Crippen molar-refractivity contribution in [2.45, 2.75) is 57.9 Å². The highest BCUT2D eigenvalue weighted by atomic mass is 16.5. The van der Waals surface area contributed by atoms with Crippen LogP contribution in [0.15, 0.2) is 0 Å². The van der Waals surface area contributed by atoms with E-state index in [2.05, 4.69) is 6.92 Å². The Labute approximate surface area is 105 Å². The van der Waals surface area contributed by atoms with Crippen molar-refractivity contribution in [2.24, 2.45) is 17.6 Å². The molecule has 0 aromatic rings. The van der Waals surface area contributed by atoms with Gasteiger partial charge in [-0.3, -0.25) is 4.79 Å². The van der Waals surface area contributed by atoms with Crippen LogP contribution in [0.5, 0.6) is 0 Å². The Morgan fingerprint density at radius 3 is 2.76 bits per heavy atom. The number of methoxy groups -OCH3 is 1. The number of rotatable bonds is 7. The molecule has 0 aromatic heterocycles. The third-order valence-corrected chi connectivity index (χ3v) is 4.03. The summed E-state index contributed by atoms with van der Waals surface area (Å²) in [5.74, 6) is 1.10. The van der Waals surface area contributed by atoms with E-state index in [4.69, 9.17) is 10.5 Å². The minimum absolute atomic E-state index is 0.228. The number of nitrogens with two attached hydrogens (primary N) is 1. The Bertz CT molecular complexity index is 230. The van der Waals surface area contributed by atoms with Crippen LogP contribution in [0, 0.1) is 11.8 Å². The van der Waals surface area contributed by atoms with Crippen LogP contribution >= 0.6 is 0 Å². The highest BCUT2D eigenvalue weighted by molar-refractivity contribution is 5.86. The Morgan fingerprint density at radius 1 is 1.41 bits per heavy atom. The molecule has 1 aliphatic carbocycles. The van der Waals surface area contributed by atoms with E-state index in [9.17, 15) is 4.79 Å². The first-order chi connectivity index (χ1) is 8.20. The smallest absolute Gasteiger partial charge is 0.152 e. The second-order valence-corrected chi connectivity index (χ2v) is 5.20. The first-order valence-corrected chi connectivity index (χ1v) is 6.99. The molecule has 100 valence electrons. The van der Waals surface area contributed by atoms with Crippen molar-refractivity contribution in [2.75, 3.05) is 13.7 Å². The lowest BCUT2D eigenvalue weighted by molar-refractivity contribution is -0.127. The number of carbonyl (C=O) groups excluding carboxylic acids is 1. The average molecular weight is 241 g/mol. The van der Waals surface area contributed by atoms with E-state index in [-0.39, 0.29) is 12.0 Å². The lowest BCUT2D eigenvalue weighted by Crippen LogP contribution is -2.39. The molecule has 0 radical (unpaired) electrons. The molecule has 0 heterocycles. The summed E-state index contributed by atoms with van der Waals surface area (Å²) in [6.45, 7) is 2.88. The third-order valence-electron chi connectivity index (χ3n) is 4.03. The summed E-state index contributed by atoms with van der Waals surface area (Å²) >= 11 is 0. The fourth-order valence-electron chi connectivity index (χ4n) is 2.94. The summed E-state index contributed by atoms with van der Waals surface area (Å²) < 4.78 is 4.99. The van der Waals surface area contributed by atoms with Gasteiger partial charge in [-0.1, -0.05) is 26.2 Å². The van der Waals surface area contributed by atoms with Crippen molar-refractivity contribution < 1.29 is 9.53 Å². The number of ether oxygens (including phenoxy) is 1. The van der Waals surface area contributed by atoms with Crippen LogP contribution in [0.25, 0.3) is 0 Å². The Kier molecular flexibility index (Phi) is 6.75. The van der Waals surface area contributed by atoms with E-state index in [1.807, 2.05) is 0 Å². The van der Waals surface area contributed by atoms with Gasteiger partial charge in [-0.2, -0.15) is 0 Å². The largest absolute Gasteiger partial charge is 0.385 e. The SMILES string of the molecule is CCC1CCCCC1C(=O)C(N)CCCOC. The fraction of sp³-hybridized carbons (Fsp3) is 0.929. The molecule has 1 rings (SSSR count). The average Bonchev–Trinajstić information content (AvgIpc) is 2.38. The highest BCUT2D eigenvalue weighted by Crippen LogP contribution is 2.33. The van der Waals surface area contributed by atoms with Crippen molar-refractivity contribution in [1.29, 1.82) is 0 Å². The maximum atomic E-state index is 12.3. The molecular formula is C14H27NO2. The first kappa shape index (κ1) is 14.7. The normalized spacial score (nSPS) is 26.8. The van der Waals surface area contributed by atoms with Crippen molar-refractivity contribution in [3.63, 3.8) is 0 Å². The van der Waals surface area contributed by atoms with Gasteiger partial charge < -0.3 is 10.5 Å². The summed E-state index contributed by atoms with van der Waals surface area (Å²) in [6.07, 6.45) is 7.49. The van der Waals surface area contributed by atoms with Crippen molar-refractivity contribution in [3.05, 3.63) is 0 Å². The summed E-state index contributed by atoms with van der Waals surface area (Å²) in [4.78, 5) is 12.3. The van der Waals surface area contributed by atoms with Crippen LogP contribution in [0.1, 0.15) is 51.9 Å². The van der Waals surface area contributed by atoms with E-state index in [1.54, 1.807) is 7.11 Å². The summed E-state index contributed by atoms with van der Waals surface area (Å²) in [6, 6.07) is -0.276. The molecule has 3 atom stereocenters. The van der Waals surface area contributed by atoms with Gasteiger partial charge in [0.2, 0.25) is 0 Å². The number of ketones is 1. The zero-order valence-electron chi connectivity index (χ0n) is 11.3. The standard InChI is InChI=1S/C14H27NO2/c1-3-11-7-4-5-8-12(11)14(16)13(15)9-6-10-17-2/h11-13H,3-10,15H2,1-2H3. The summed E-state index contributed by atoms with van der Waals surface area (Å²) in [7, 11) is 1.68. The molecule has 17 heavy (non-hydrogen) atoms. The van der Waals surface area contributed by atoms with Crippen LogP contribution in [0.4, 0.5) is 0 Å². The monoisotopic (exact) mass is 241 g/mol. The minimum Gasteiger partial charge on any atom is -0.385 e. The number of Topliss-reactive ketones (excluding diaryl/α,β-unsaturated/α-hetero) is 1. The van der Waals surface area contributed by atoms with E-state index < -0.39 is 0 Å². The molecule has 3 nitrogen and oxygen atoms in total. The first-order valence-electron chi connectivity index (χ1n) is 6.99. The van der Waals surface area contributed by atoms with Gasteiger partial charge in [-0.15, -0.1) is 0 Å². The van der Waals surface area contributed by atoms with Crippen molar-refractivity contribution in [1.82, 2.24) is 0 Å². The fourth-order valence-corrected chi connectivity index (χ4v) is 2.94. The van der Waals surface area contributed by atoms with Gasteiger partial charge in [0.25, 0.3) is 0 Å². The van der Waals surface area contributed by atoms with Crippen LogP contribution in [-0.4, -0.2) is 25.5 Å². The molecule has 1 saturated carbocycles. The predicted octanol–water partition coefficient (Wildman–Crippen LogP) is 2.53. The van der Waals surface area contributed by atoms with Gasteiger partial charge >= 0.3 is 0 Å². The summed E-state index contributed by atoms with van der Waals surface area (Å²) in [5.41, 5.74) is 6.00. The maximum absolute atomic E-state index is 12.3. The number of hydrogen-bond acceptors (Lipinski definition) is 3. The Hall–Kier alpha value is -0.410. The van der Waals surface area contributed by atoms with Gasteiger partial charge in [0.05, 0.1) is 6.04 Å². The van der Waals surface area contributed by atoms with Gasteiger partial charge in [0.1, 0.15) is 0 Å². The number of carbonyl (C=O) groups is 1. The Morgan fingerprint density at radius 2 is 2.12 bits per heavy atom. The van der Waals surface area contributed by atoms with E-state index >= 15 is 0 Å². The van der Waals surface area contributed by atoms with E-state index in [0.29, 0.717) is 18.3 Å². The Balaban J connectivity index is 2.43. The molecule has 1 fully saturated rings. The van der Waals surface area contributed by atoms with Crippen LogP contribution in [-0.2, 0) is 9.53 Å². The van der Waals surface area contributed by atoms with Crippen LogP contribution < -0.4 is 5.73 Å². The quantitative estimate of drug-likeness (QED) is 0.697. The van der Waals surface area contributed by atoms with Crippen LogP contribution in [0.3, 0.4) is 0 Å². The zero-order valence-corrected chi connectivity index (χ0v) is 11.3. The molecular weight excluding hydrogens is 214 g/mol. The molecule has 0 aliphatic heterocycles. The van der Waals surface area contributed by atoms with E-state index in [0.717, 1.165) is 25.7 Å². The van der Waals surface area contributed by atoms with Gasteiger partial charge in [-0.05, 0) is 31.6 Å². The second kappa shape index (κ2) is 7.83. The van der Waals surface area contributed by atoms with Crippen molar-refractivity contribution >= 4 is 5.78 Å². The molecule has 0 bridgehead atoms. The molecule has 0 aromatic carbocycles. The molecule has 2 N–H and O–H groups in total. The van der Waals surface area contributed by atoms with Gasteiger partial charge in [0, 0.05) is 19.6 Å². The maximum Gasteiger partial charge on any atom is 0.152 e. The highest BCUT2D eigenvalue weighted by Gasteiger charge is 2.32. The topological polar surface area (TPSA) is 52.3 Å². The van der Waals surface area contributed by atoms with E-state index in [1.165, 1.54) is 19.3 Å². The van der Waals surface area contributed by atoms with Crippen LogP contribution in [0.2, 0.25) is 0 Å². The number of hydrogen-bond donors (Lipinski definition) is 1. The molecule has 3 heteroatoms. The zero-order chi connectivity index (χ0) is 12.7. The lowest BCUT2D eigenvalue weighted by atomic mass is 9.74. The van der Waals surface area contributed by atoms with Crippen molar-refractivity contribution in [3.8, 4) is 0 Å². The molecule has 0 amide bonds. The lowest BCUT2D eigenvalue weighted by Gasteiger charge is -2.31. The van der Waals surface area contributed by atoms with Gasteiger partial charge in [-0.25, -0.2) is 0 Å². The molecule has 0 saturated heterocycles. The minimum atomic E-state index is -0.276. The molecule has 3 unspecified atom stereocenters. The molecule has 0 spiro atoms. The predicted molar refractivity (Wildman–Crippen MR) is 69.8 cm³/mol. The second-order valence-electron chi connectivity index (χ2n) is 5.20. The molecule has 1 aliphatic rings. The van der Waals surface area contributed by atoms with Gasteiger partial charge in [0.15, 0.2) is 5.78 Å². The third kappa shape index (κ3) is 4.40.